The molecule has 0 saturated heterocycles. The Morgan fingerprint density at radius 1 is 1.26 bits per heavy atom. The Bertz CT molecular complexity index is 569. The highest BCUT2D eigenvalue weighted by Gasteiger charge is 2.20. The highest BCUT2D eigenvalue weighted by Crippen LogP contribution is 2.19. The molecule has 0 bridgehead atoms. The third kappa shape index (κ3) is 3.20. The molecule has 1 fully saturated rings. The minimum atomic E-state index is 0.713. The molecule has 2 aromatic rings. The van der Waals surface area contributed by atoms with Crippen molar-refractivity contribution < 1.29 is 0 Å². The van der Waals surface area contributed by atoms with Crippen LogP contribution in [0.15, 0.2) is 24.4 Å². The number of aryl methyl sites for hydroxylation is 2. The van der Waals surface area contributed by atoms with Gasteiger partial charge in [0.1, 0.15) is 0 Å². The van der Waals surface area contributed by atoms with E-state index in [1.165, 1.54) is 29.5 Å². The quantitative estimate of drug-likeness (QED) is 0.891. The van der Waals surface area contributed by atoms with Crippen molar-refractivity contribution >= 4 is 0 Å². The average molecular weight is 256 g/mol. The summed E-state index contributed by atoms with van der Waals surface area (Å²) < 4.78 is 1.91. The van der Waals surface area contributed by atoms with Crippen molar-refractivity contribution in [2.45, 2.75) is 45.8 Å². The van der Waals surface area contributed by atoms with Crippen molar-refractivity contribution in [1.29, 1.82) is 0 Å². The van der Waals surface area contributed by atoms with Crippen LogP contribution in [-0.4, -0.2) is 21.0 Å². The van der Waals surface area contributed by atoms with Crippen LogP contribution in [0.1, 0.15) is 35.2 Å². The smallest absolute Gasteiger partial charge is 0.0965 e. The molecule has 1 aromatic heterocycles. The van der Waals surface area contributed by atoms with Gasteiger partial charge in [0, 0.05) is 12.6 Å². The summed E-state index contributed by atoms with van der Waals surface area (Å²) in [4.78, 5) is 0. The third-order valence-corrected chi connectivity index (χ3v) is 3.65. The Kier molecular flexibility index (Phi) is 3.34. The number of rotatable bonds is 5. The molecule has 1 aromatic carbocycles. The van der Waals surface area contributed by atoms with Crippen LogP contribution in [0.5, 0.6) is 0 Å². The van der Waals surface area contributed by atoms with Crippen molar-refractivity contribution in [2.24, 2.45) is 0 Å². The van der Waals surface area contributed by atoms with Gasteiger partial charge in [-0.1, -0.05) is 23.4 Å². The fourth-order valence-electron chi connectivity index (χ4n) is 2.12. The first-order valence-corrected chi connectivity index (χ1v) is 6.89. The Morgan fingerprint density at radius 3 is 2.84 bits per heavy atom. The largest absolute Gasteiger partial charge is 0.308 e. The molecule has 0 radical (unpaired) electrons. The van der Waals surface area contributed by atoms with Crippen LogP contribution in [0, 0.1) is 13.8 Å². The molecule has 0 unspecified atom stereocenters. The van der Waals surface area contributed by atoms with Crippen molar-refractivity contribution in [1.82, 2.24) is 20.3 Å². The lowest BCUT2D eigenvalue weighted by Crippen LogP contribution is -2.15. The van der Waals surface area contributed by atoms with E-state index in [9.17, 15) is 0 Å². The van der Waals surface area contributed by atoms with E-state index in [0.29, 0.717) is 6.04 Å². The molecule has 1 N–H and O–H groups in total. The standard InChI is InChI=1S/C15H20N4/c1-11-3-4-13(7-12(11)2)9-19-10-15(17-18-19)8-16-14-5-6-14/h3-4,7,10,14,16H,5-6,8-9H2,1-2H3. The summed E-state index contributed by atoms with van der Waals surface area (Å²) in [7, 11) is 0. The lowest BCUT2D eigenvalue weighted by molar-refractivity contribution is 0.646. The summed E-state index contributed by atoms with van der Waals surface area (Å²) in [5.41, 5.74) is 4.95. The Hall–Kier alpha value is -1.68. The van der Waals surface area contributed by atoms with Gasteiger partial charge in [0.05, 0.1) is 18.4 Å². The lowest BCUT2D eigenvalue weighted by Gasteiger charge is -2.04. The van der Waals surface area contributed by atoms with E-state index in [-0.39, 0.29) is 0 Å². The van der Waals surface area contributed by atoms with E-state index in [4.69, 9.17) is 0 Å². The Morgan fingerprint density at radius 2 is 2.11 bits per heavy atom. The lowest BCUT2D eigenvalue weighted by atomic mass is 10.1. The molecule has 0 spiro atoms. The fraction of sp³-hybridized carbons (Fsp3) is 0.467. The van der Waals surface area contributed by atoms with Crippen molar-refractivity contribution in [3.05, 3.63) is 46.8 Å². The van der Waals surface area contributed by atoms with Crippen LogP contribution in [-0.2, 0) is 13.1 Å². The zero-order chi connectivity index (χ0) is 13.2. The minimum Gasteiger partial charge on any atom is -0.308 e. The number of nitrogens with zero attached hydrogens (tertiary/aromatic N) is 3. The second-order valence-corrected chi connectivity index (χ2v) is 5.48. The monoisotopic (exact) mass is 256 g/mol. The summed E-state index contributed by atoms with van der Waals surface area (Å²) in [5.74, 6) is 0. The van der Waals surface area contributed by atoms with Crippen LogP contribution in [0.2, 0.25) is 0 Å². The Labute approximate surface area is 113 Å². The van der Waals surface area contributed by atoms with Crippen LogP contribution in [0.25, 0.3) is 0 Å². The maximum Gasteiger partial charge on any atom is 0.0965 e. The first kappa shape index (κ1) is 12.4. The minimum absolute atomic E-state index is 0.713. The predicted octanol–water partition coefficient (Wildman–Crippen LogP) is 2.20. The highest BCUT2D eigenvalue weighted by atomic mass is 15.4. The van der Waals surface area contributed by atoms with Gasteiger partial charge in [-0.2, -0.15) is 0 Å². The Balaban J connectivity index is 1.63. The molecule has 100 valence electrons. The van der Waals surface area contributed by atoms with E-state index in [1.54, 1.807) is 0 Å². The van der Waals surface area contributed by atoms with Crippen molar-refractivity contribution in [3.8, 4) is 0 Å². The molecule has 3 rings (SSSR count). The summed E-state index contributed by atoms with van der Waals surface area (Å²) in [5, 5.41) is 11.8. The van der Waals surface area contributed by atoms with Gasteiger partial charge < -0.3 is 5.32 Å². The van der Waals surface area contributed by atoms with E-state index in [0.717, 1.165) is 18.8 Å². The molecule has 4 heteroatoms. The summed E-state index contributed by atoms with van der Waals surface area (Å²) in [6.45, 7) is 5.90. The van der Waals surface area contributed by atoms with E-state index < -0.39 is 0 Å². The molecule has 0 atom stereocenters. The predicted molar refractivity (Wildman–Crippen MR) is 74.9 cm³/mol. The van der Waals surface area contributed by atoms with Crippen molar-refractivity contribution in [3.63, 3.8) is 0 Å². The zero-order valence-corrected chi connectivity index (χ0v) is 11.6. The van der Waals surface area contributed by atoms with Gasteiger partial charge in [-0.25, -0.2) is 4.68 Å². The number of hydrogen-bond donors (Lipinski definition) is 1. The number of aromatic nitrogens is 3. The van der Waals surface area contributed by atoms with Crippen LogP contribution >= 0.6 is 0 Å². The normalized spacial score (nSPS) is 14.8. The van der Waals surface area contributed by atoms with Gasteiger partial charge >= 0.3 is 0 Å². The van der Waals surface area contributed by atoms with E-state index in [2.05, 4.69) is 47.7 Å². The molecule has 0 aliphatic heterocycles. The molecule has 0 amide bonds. The van der Waals surface area contributed by atoms with Crippen LogP contribution < -0.4 is 5.32 Å². The van der Waals surface area contributed by atoms with Crippen LogP contribution in [0.4, 0.5) is 0 Å². The van der Waals surface area contributed by atoms with Gasteiger partial charge in [-0.3, -0.25) is 0 Å². The maximum absolute atomic E-state index is 4.20. The topological polar surface area (TPSA) is 42.7 Å². The van der Waals surface area contributed by atoms with E-state index in [1.807, 2.05) is 10.9 Å². The third-order valence-electron chi connectivity index (χ3n) is 3.65. The summed E-state index contributed by atoms with van der Waals surface area (Å²) in [6.07, 6.45) is 4.64. The highest BCUT2D eigenvalue weighted by molar-refractivity contribution is 5.29. The molecule has 1 saturated carbocycles. The first-order valence-electron chi connectivity index (χ1n) is 6.89. The van der Waals surface area contributed by atoms with Gasteiger partial charge in [-0.05, 0) is 43.4 Å². The second kappa shape index (κ2) is 5.13. The van der Waals surface area contributed by atoms with Gasteiger partial charge in [0.15, 0.2) is 0 Å². The average Bonchev–Trinajstić information content (AvgIpc) is 3.12. The number of hydrogen-bond acceptors (Lipinski definition) is 3. The molecule has 1 aliphatic rings. The zero-order valence-electron chi connectivity index (χ0n) is 11.6. The number of nitrogens with one attached hydrogen (secondary N) is 1. The van der Waals surface area contributed by atoms with Crippen molar-refractivity contribution in [2.75, 3.05) is 0 Å². The molecular weight excluding hydrogens is 236 g/mol. The van der Waals surface area contributed by atoms with E-state index >= 15 is 0 Å². The molecule has 1 heterocycles. The molecule has 19 heavy (non-hydrogen) atoms. The van der Waals surface area contributed by atoms with Gasteiger partial charge in [0.25, 0.3) is 0 Å². The maximum atomic E-state index is 4.20. The number of benzene rings is 1. The van der Waals surface area contributed by atoms with Gasteiger partial charge in [-0.15, -0.1) is 5.10 Å². The molecule has 4 nitrogen and oxygen atoms in total. The molecule has 1 aliphatic carbocycles. The van der Waals surface area contributed by atoms with Gasteiger partial charge in [0.2, 0.25) is 0 Å². The molecular formula is C15H20N4. The second-order valence-electron chi connectivity index (χ2n) is 5.48. The summed E-state index contributed by atoms with van der Waals surface area (Å²) in [6, 6.07) is 7.26. The fourth-order valence-corrected chi connectivity index (χ4v) is 2.12. The SMILES string of the molecule is Cc1ccc(Cn2cc(CNC3CC3)nn2)cc1C. The summed E-state index contributed by atoms with van der Waals surface area (Å²) >= 11 is 0. The van der Waals surface area contributed by atoms with Crippen LogP contribution in [0.3, 0.4) is 0 Å². The first-order chi connectivity index (χ1) is 9.20.